The van der Waals surface area contributed by atoms with E-state index in [9.17, 15) is 0 Å². The Morgan fingerprint density at radius 1 is 1.45 bits per heavy atom. The summed E-state index contributed by atoms with van der Waals surface area (Å²) in [6.07, 6.45) is 2.03. The van der Waals surface area contributed by atoms with E-state index in [2.05, 4.69) is 27.4 Å². The highest BCUT2D eigenvalue weighted by molar-refractivity contribution is 6.75. The molecule has 0 aliphatic heterocycles. The van der Waals surface area contributed by atoms with Crippen LogP contribution in [0.3, 0.4) is 0 Å². The summed E-state index contributed by atoms with van der Waals surface area (Å²) in [5.74, 6) is 0. The minimum absolute atomic E-state index is 0.572. The van der Waals surface area contributed by atoms with Gasteiger partial charge in [0.1, 0.15) is 0 Å². The second-order valence-electron chi connectivity index (χ2n) is 3.00. The molecule has 1 atom stereocenters. The van der Waals surface area contributed by atoms with E-state index in [1.54, 1.807) is 0 Å². The van der Waals surface area contributed by atoms with E-state index in [-0.39, 0.29) is 0 Å². The van der Waals surface area contributed by atoms with E-state index >= 15 is 0 Å². The summed E-state index contributed by atoms with van der Waals surface area (Å²) in [5.41, 5.74) is 0.572. The molecular weight excluding hydrogens is 152 g/mol. The van der Waals surface area contributed by atoms with Gasteiger partial charge in [0.15, 0.2) is 8.32 Å². The summed E-state index contributed by atoms with van der Waals surface area (Å²) in [6.45, 7) is 10.5. The summed E-state index contributed by atoms with van der Waals surface area (Å²) >= 11 is 0. The Labute approximate surface area is 71.6 Å². The van der Waals surface area contributed by atoms with E-state index in [0.29, 0.717) is 5.54 Å². The van der Waals surface area contributed by atoms with Crippen LogP contribution in [0.4, 0.5) is 0 Å². The van der Waals surface area contributed by atoms with Crippen LogP contribution in [0.15, 0.2) is 12.7 Å². The van der Waals surface area contributed by atoms with Gasteiger partial charge >= 0.3 is 0 Å². The van der Waals surface area contributed by atoms with Crippen molar-refractivity contribution < 1.29 is 4.43 Å². The second kappa shape index (κ2) is 4.73. The highest BCUT2D eigenvalue weighted by atomic mass is 28.4. The molecule has 0 aliphatic carbocycles. The summed E-state index contributed by atoms with van der Waals surface area (Å²) in [6, 6.07) is 2.38. The van der Waals surface area contributed by atoms with Crippen LogP contribution in [0.5, 0.6) is 0 Å². The van der Waals surface area contributed by atoms with Gasteiger partial charge in [-0.1, -0.05) is 26.8 Å². The fraction of sp³-hybridized carbons (Fsp3) is 0.778. The molecule has 0 aromatic rings. The van der Waals surface area contributed by atoms with Gasteiger partial charge in [0.25, 0.3) is 0 Å². The van der Waals surface area contributed by atoms with Crippen molar-refractivity contribution in [2.45, 2.75) is 38.4 Å². The van der Waals surface area contributed by atoms with Crippen molar-refractivity contribution in [1.82, 2.24) is 0 Å². The molecule has 66 valence electrons. The van der Waals surface area contributed by atoms with Crippen LogP contribution in [0.2, 0.25) is 17.6 Å². The summed E-state index contributed by atoms with van der Waals surface area (Å²) < 4.78 is 5.66. The maximum atomic E-state index is 5.66. The molecule has 0 bridgehead atoms. The Bertz CT molecular complexity index is 110. The Morgan fingerprint density at radius 2 is 1.91 bits per heavy atom. The Kier molecular flexibility index (Phi) is 4.69. The minimum Gasteiger partial charge on any atom is -0.419 e. The monoisotopic (exact) mass is 172 g/mol. The van der Waals surface area contributed by atoms with Gasteiger partial charge in [0.05, 0.1) is 0 Å². The van der Waals surface area contributed by atoms with Crippen LogP contribution in [0.1, 0.15) is 20.8 Å². The fourth-order valence-electron chi connectivity index (χ4n) is 1.58. The molecule has 0 saturated heterocycles. The van der Waals surface area contributed by atoms with Crippen LogP contribution in [0, 0.1) is 0 Å². The van der Waals surface area contributed by atoms with Crippen LogP contribution in [-0.2, 0) is 4.43 Å². The van der Waals surface area contributed by atoms with E-state index in [0.717, 1.165) is 0 Å². The third kappa shape index (κ3) is 2.17. The van der Waals surface area contributed by atoms with E-state index in [1.165, 1.54) is 12.1 Å². The van der Waals surface area contributed by atoms with E-state index in [4.69, 9.17) is 4.43 Å². The molecule has 1 unspecified atom stereocenters. The largest absolute Gasteiger partial charge is 0.419 e. The SMILES string of the molecule is C=CC(C)[Si](CC)(CC)OC. The first-order chi connectivity index (χ1) is 5.16. The molecule has 0 rings (SSSR count). The van der Waals surface area contributed by atoms with Gasteiger partial charge in [-0.2, -0.15) is 0 Å². The van der Waals surface area contributed by atoms with Gasteiger partial charge in [-0.3, -0.25) is 0 Å². The molecule has 2 heteroatoms. The van der Waals surface area contributed by atoms with Gasteiger partial charge in [0, 0.05) is 7.11 Å². The first-order valence-corrected chi connectivity index (χ1v) is 6.74. The maximum absolute atomic E-state index is 5.66. The zero-order valence-electron chi connectivity index (χ0n) is 8.18. The molecule has 0 spiro atoms. The van der Waals surface area contributed by atoms with Crippen molar-refractivity contribution >= 4 is 8.32 Å². The molecule has 0 amide bonds. The lowest BCUT2D eigenvalue weighted by Crippen LogP contribution is -2.39. The predicted octanol–water partition coefficient (Wildman–Crippen LogP) is 3.19. The lowest BCUT2D eigenvalue weighted by atomic mass is 10.5. The van der Waals surface area contributed by atoms with Crippen LogP contribution in [0.25, 0.3) is 0 Å². The highest BCUT2D eigenvalue weighted by Crippen LogP contribution is 2.30. The standard InChI is InChI=1S/C9H20OSi/c1-6-9(4)11(7-2,8-3)10-5/h6,9H,1,7-8H2,2-5H3. The third-order valence-electron chi connectivity index (χ3n) is 2.79. The van der Waals surface area contributed by atoms with Crippen molar-refractivity contribution in [2.24, 2.45) is 0 Å². The predicted molar refractivity (Wildman–Crippen MR) is 53.3 cm³/mol. The second-order valence-corrected chi connectivity index (χ2v) is 7.86. The molecule has 11 heavy (non-hydrogen) atoms. The summed E-state index contributed by atoms with van der Waals surface area (Å²) in [5, 5.41) is 0. The number of hydrogen-bond acceptors (Lipinski definition) is 1. The van der Waals surface area contributed by atoms with Crippen LogP contribution < -0.4 is 0 Å². The molecule has 1 nitrogen and oxygen atoms in total. The quantitative estimate of drug-likeness (QED) is 0.457. The molecule has 0 heterocycles. The lowest BCUT2D eigenvalue weighted by molar-refractivity contribution is 0.386. The average Bonchev–Trinajstić information content (AvgIpc) is 2.08. The summed E-state index contributed by atoms with van der Waals surface area (Å²) in [7, 11) is 0.408. The van der Waals surface area contributed by atoms with Crippen molar-refractivity contribution in [3.05, 3.63) is 12.7 Å². The Hall–Kier alpha value is -0.0831. The zero-order valence-corrected chi connectivity index (χ0v) is 9.18. The molecule has 0 N–H and O–H groups in total. The number of hydrogen-bond donors (Lipinski definition) is 0. The molecule has 0 aromatic heterocycles. The molecule has 0 radical (unpaired) electrons. The highest BCUT2D eigenvalue weighted by Gasteiger charge is 2.34. The first-order valence-electron chi connectivity index (χ1n) is 4.34. The third-order valence-corrected chi connectivity index (χ3v) is 7.89. The van der Waals surface area contributed by atoms with Gasteiger partial charge in [-0.25, -0.2) is 0 Å². The molecule has 0 saturated carbocycles. The Balaban J connectivity index is 4.38. The molecular formula is C9H20OSi. The lowest BCUT2D eigenvalue weighted by Gasteiger charge is -2.31. The molecule has 0 aliphatic rings. The summed E-state index contributed by atoms with van der Waals surface area (Å²) in [4.78, 5) is 0. The maximum Gasteiger partial charge on any atom is 0.198 e. The van der Waals surface area contributed by atoms with E-state index < -0.39 is 8.32 Å². The Morgan fingerprint density at radius 3 is 2.00 bits per heavy atom. The van der Waals surface area contributed by atoms with Crippen molar-refractivity contribution in [3.63, 3.8) is 0 Å². The molecule has 0 fully saturated rings. The van der Waals surface area contributed by atoms with Crippen LogP contribution in [-0.4, -0.2) is 15.4 Å². The van der Waals surface area contributed by atoms with E-state index in [1.807, 2.05) is 13.2 Å². The van der Waals surface area contributed by atoms with Crippen molar-refractivity contribution in [2.75, 3.05) is 7.11 Å². The number of allylic oxidation sites excluding steroid dienone is 1. The zero-order chi connectivity index (χ0) is 8.91. The fourth-order valence-corrected chi connectivity index (χ4v) is 4.75. The average molecular weight is 172 g/mol. The van der Waals surface area contributed by atoms with Gasteiger partial charge < -0.3 is 4.43 Å². The van der Waals surface area contributed by atoms with Gasteiger partial charge in [-0.05, 0) is 17.6 Å². The van der Waals surface area contributed by atoms with Gasteiger partial charge in [-0.15, -0.1) is 6.58 Å². The van der Waals surface area contributed by atoms with Gasteiger partial charge in [0.2, 0.25) is 0 Å². The topological polar surface area (TPSA) is 9.23 Å². The minimum atomic E-state index is -1.44. The first kappa shape index (κ1) is 10.9. The smallest absolute Gasteiger partial charge is 0.198 e. The molecule has 0 aromatic carbocycles. The van der Waals surface area contributed by atoms with Crippen molar-refractivity contribution in [3.8, 4) is 0 Å². The van der Waals surface area contributed by atoms with Crippen LogP contribution >= 0.6 is 0 Å². The number of rotatable bonds is 5. The van der Waals surface area contributed by atoms with Crippen molar-refractivity contribution in [1.29, 1.82) is 0 Å². The normalized spacial score (nSPS) is 14.5.